The van der Waals surface area contributed by atoms with Crippen LogP contribution in [0, 0.1) is 0 Å². The molecule has 1 heterocycles. The van der Waals surface area contributed by atoms with Crippen molar-refractivity contribution >= 4 is 9.84 Å². The molecule has 0 unspecified atom stereocenters. The van der Waals surface area contributed by atoms with Gasteiger partial charge >= 0.3 is 0 Å². The van der Waals surface area contributed by atoms with Crippen LogP contribution in [0.25, 0.3) is 11.3 Å². The number of nitrogens with zero attached hydrogens (tertiary/aromatic N) is 1. The van der Waals surface area contributed by atoms with Gasteiger partial charge in [-0.1, -0.05) is 37.3 Å². The van der Waals surface area contributed by atoms with E-state index in [9.17, 15) is 13.2 Å². The van der Waals surface area contributed by atoms with Crippen molar-refractivity contribution in [2.75, 3.05) is 11.5 Å². The molecular formula is C13H16N2O3S. The molecule has 0 fully saturated rings. The highest BCUT2D eigenvalue weighted by atomic mass is 32.2. The predicted molar refractivity (Wildman–Crippen MR) is 74.8 cm³/mol. The Kier molecular flexibility index (Phi) is 3.90. The maximum atomic E-state index is 11.8. The summed E-state index contributed by atoms with van der Waals surface area (Å²) in [6.45, 7) is 1.75. The number of H-pyrrole nitrogens is 1. The molecule has 5 nitrogen and oxygen atoms in total. The molecule has 1 aromatic carbocycles. The van der Waals surface area contributed by atoms with Crippen LogP contribution in [-0.4, -0.2) is 29.7 Å². The fourth-order valence-electron chi connectivity index (χ4n) is 1.74. The second-order valence-corrected chi connectivity index (χ2v) is 6.73. The maximum Gasteiger partial charge on any atom is 0.267 e. The van der Waals surface area contributed by atoms with Crippen molar-refractivity contribution in [2.45, 2.75) is 13.5 Å². The molecule has 1 aromatic heterocycles. The minimum Gasteiger partial charge on any atom is -0.295 e. The van der Waals surface area contributed by atoms with Crippen molar-refractivity contribution in [3.8, 4) is 11.3 Å². The Hall–Kier alpha value is -1.82. The Morgan fingerprint density at radius 2 is 1.89 bits per heavy atom. The standard InChI is InChI=1S/C13H16N2O3S/c1-2-19(17,18)9-8-15-13(16)10-12(14-15)11-6-4-3-5-7-11/h3-7,10,14H,2,8-9H2,1H3. The van der Waals surface area contributed by atoms with E-state index in [0.717, 1.165) is 5.56 Å². The molecule has 0 bridgehead atoms. The Labute approximate surface area is 111 Å². The monoisotopic (exact) mass is 280 g/mol. The highest BCUT2D eigenvalue weighted by Gasteiger charge is 2.10. The quantitative estimate of drug-likeness (QED) is 0.896. The topological polar surface area (TPSA) is 71.9 Å². The Balaban J connectivity index is 2.21. The number of aryl methyl sites for hydroxylation is 1. The molecule has 0 atom stereocenters. The van der Waals surface area contributed by atoms with Crippen molar-refractivity contribution < 1.29 is 8.42 Å². The van der Waals surface area contributed by atoms with Crippen molar-refractivity contribution in [3.05, 3.63) is 46.8 Å². The third-order valence-corrected chi connectivity index (χ3v) is 4.62. The number of sulfone groups is 1. The van der Waals surface area contributed by atoms with Gasteiger partial charge < -0.3 is 0 Å². The molecule has 1 N–H and O–H groups in total. The molecule has 102 valence electrons. The minimum absolute atomic E-state index is 0.0296. The first-order valence-corrected chi connectivity index (χ1v) is 7.89. The van der Waals surface area contributed by atoms with E-state index in [1.807, 2.05) is 30.3 Å². The number of rotatable bonds is 5. The Morgan fingerprint density at radius 3 is 2.53 bits per heavy atom. The van der Waals surface area contributed by atoms with Gasteiger partial charge in [-0.05, 0) is 5.56 Å². The van der Waals surface area contributed by atoms with E-state index in [1.54, 1.807) is 6.92 Å². The van der Waals surface area contributed by atoms with Crippen LogP contribution in [0.3, 0.4) is 0 Å². The first-order valence-electron chi connectivity index (χ1n) is 6.07. The average molecular weight is 280 g/mol. The van der Waals surface area contributed by atoms with Gasteiger partial charge in [0.1, 0.15) is 0 Å². The van der Waals surface area contributed by atoms with Crippen LogP contribution in [-0.2, 0) is 16.4 Å². The summed E-state index contributed by atoms with van der Waals surface area (Å²) >= 11 is 0. The van der Waals surface area contributed by atoms with Crippen LogP contribution in [0.1, 0.15) is 6.92 Å². The Bertz CT molecular complexity index is 699. The van der Waals surface area contributed by atoms with Crippen LogP contribution in [0.5, 0.6) is 0 Å². The van der Waals surface area contributed by atoms with Gasteiger partial charge in [-0.2, -0.15) is 0 Å². The molecule has 0 saturated heterocycles. The fourth-order valence-corrected chi connectivity index (χ4v) is 2.49. The lowest BCUT2D eigenvalue weighted by Gasteiger charge is -2.02. The average Bonchev–Trinajstić information content (AvgIpc) is 2.79. The van der Waals surface area contributed by atoms with Crippen LogP contribution in [0.2, 0.25) is 0 Å². The van der Waals surface area contributed by atoms with Crippen LogP contribution in [0.15, 0.2) is 41.2 Å². The Morgan fingerprint density at radius 1 is 1.21 bits per heavy atom. The number of aromatic amines is 1. The summed E-state index contributed by atoms with van der Waals surface area (Å²) in [7, 11) is -3.07. The fraction of sp³-hybridized carbons (Fsp3) is 0.308. The van der Waals surface area contributed by atoms with Gasteiger partial charge in [0.2, 0.25) is 0 Å². The molecular weight excluding hydrogens is 264 g/mol. The van der Waals surface area contributed by atoms with E-state index in [2.05, 4.69) is 5.10 Å². The lowest BCUT2D eigenvalue weighted by Crippen LogP contribution is -2.22. The number of nitrogens with one attached hydrogen (secondary N) is 1. The van der Waals surface area contributed by atoms with E-state index in [4.69, 9.17) is 0 Å². The summed E-state index contributed by atoms with van der Waals surface area (Å²) in [4.78, 5) is 11.8. The summed E-state index contributed by atoms with van der Waals surface area (Å²) in [5.74, 6) is 0.0617. The summed E-state index contributed by atoms with van der Waals surface area (Å²) in [6, 6.07) is 10.9. The molecule has 0 aliphatic rings. The van der Waals surface area contributed by atoms with E-state index < -0.39 is 9.84 Å². The number of hydrogen-bond acceptors (Lipinski definition) is 3. The van der Waals surface area contributed by atoms with Gasteiger partial charge in [0.15, 0.2) is 9.84 Å². The molecule has 0 aliphatic heterocycles. The SMILES string of the molecule is CCS(=O)(=O)CCn1[nH]c(-c2ccccc2)cc1=O. The molecule has 2 aromatic rings. The predicted octanol–water partition coefficient (Wildman–Crippen LogP) is 1.28. The van der Waals surface area contributed by atoms with Gasteiger partial charge in [-0.3, -0.25) is 14.6 Å². The van der Waals surface area contributed by atoms with Crippen molar-refractivity contribution in [1.82, 2.24) is 9.78 Å². The summed E-state index contributed by atoms with van der Waals surface area (Å²) in [5.41, 5.74) is 1.38. The van der Waals surface area contributed by atoms with Gasteiger partial charge in [-0.25, -0.2) is 8.42 Å². The second-order valence-electron chi connectivity index (χ2n) is 4.26. The zero-order chi connectivity index (χ0) is 13.9. The van der Waals surface area contributed by atoms with Crippen molar-refractivity contribution in [2.24, 2.45) is 0 Å². The lowest BCUT2D eigenvalue weighted by atomic mass is 10.2. The normalized spacial score (nSPS) is 11.6. The van der Waals surface area contributed by atoms with Crippen LogP contribution >= 0.6 is 0 Å². The van der Waals surface area contributed by atoms with Gasteiger partial charge in [-0.15, -0.1) is 0 Å². The third-order valence-electron chi connectivity index (χ3n) is 2.94. The van der Waals surface area contributed by atoms with Gasteiger partial charge in [0.05, 0.1) is 18.0 Å². The highest BCUT2D eigenvalue weighted by Crippen LogP contribution is 2.13. The third kappa shape index (κ3) is 3.35. The number of hydrogen-bond donors (Lipinski definition) is 1. The molecule has 0 saturated carbocycles. The molecule has 0 radical (unpaired) electrons. The van der Waals surface area contributed by atoms with E-state index in [0.29, 0.717) is 5.69 Å². The summed E-state index contributed by atoms with van der Waals surface area (Å²) < 4.78 is 24.2. The molecule has 19 heavy (non-hydrogen) atoms. The number of benzene rings is 1. The number of aromatic nitrogens is 2. The van der Waals surface area contributed by atoms with Crippen LogP contribution in [0.4, 0.5) is 0 Å². The first-order chi connectivity index (χ1) is 9.02. The zero-order valence-corrected chi connectivity index (χ0v) is 11.5. The molecule has 0 aliphatic carbocycles. The lowest BCUT2D eigenvalue weighted by molar-refractivity contribution is 0.578. The van der Waals surface area contributed by atoms with Crippen molar-refractivity contribution in [1.29, 1.82) is 0 Å². The smallest absolute Gasteiger partial charge is 0.267 e. The summed E-state index contributed by atoms with van der Waals surface area (Å²) in [6.07, 6.45) is 0. The van der Waals surface area contributed by atoms with E-state index in [-0.39, 0.29) is 23.6 Å². The zero-order valence-electron chi connectivity index (χ0n) is 10.7. The van der Waals surface area contributed by atoms with E-state index in [1.165, 1.54) is 10.7 Å². The minimum atomic E-state index is -3.07. The van der Waals surface area contributed by atoms with E-state index >= 15 is 0 Å². The van der Waals surface area contributed by atoms with Crippen molar-refractivity contribution in [3.63, 3.8) is 0 Å². The maximum absolute atomic E-state index is 11.8. The molecule has 2 rings (SSSR count). The molecule has 6 heteroatoms. The first kappa shape index (κ1) is 13.6. The van der Waals surface area contributed by atoms with Gasteiger partial charge in [0, 0.05) is 11.8 Å². The molecule has 0 amide bonds. The second kappa shape index (κ2) is 5.44. The van der Waals surface area contributed by atoms with Gasteiger partial charge in [0.25, 0.3) is 5.56 Å². The highest BCUT2D eigenvalue weighted by molar-refractivity contribution is 7.91. The van der Waals surface area contributed by atoms with Crippen LogP contribution < -0.4 is 5.56 Å². The molecule has 0 spiro atoms. The summed E-state index contributed by atoms with van der Waals surface area (Å²) in [5, 5.41) is 2.93. The largest absolute Gasteiger partial charge is 0.295 e.